The minimum atomic E-state index is 0.943. The standard InChI is InChI=1S/C13H18BrN/c1-10-5-6-12(7-13(10)14)9-15-8-11-3-2-4-11/h5-7,11,15H,2-4,8-9H2,1H3. The van der Waals surface area contributed by atoms with Gasteiger partial charge in [0.2, 0.25) is 0 Å². The van der Waals surface area contributed by atoms with Crippen LogP contribution in [0, 0.1) is 12.8 Å². The van der Waals surface area contributed by atoms with Gasteiger partial charge in [0.1, 0.15) is 0 Å². The van der Waals surface area contributed by atoms with E-state index in [1.165, 1.54) is 41.4 Å². The molecule has 0 aromatic heterocycles. The summed E-state index contributed by atoms with van der Waals surface area (Å²) in [4.78, 5) is 0. The second kappa shape index (κ2) is 5.13. The van der Waals surface area contributed by atoms with Crippen LogP contribution in [-0.2, 0) is 6.54 Å². The highest BCUT2D eigenvalue weighted by Crippen LogP contribution is 2.25. The monoisotopic (exact) mass is 267 g/mol. The predicted octanol–water partition coefficient (Wildman–Crippen LogP) is 3.65. The topological polar surface area (TPSA) is 12.0 Å². The van der Waals surface area contributed by atoms with Crippen molar-refractivity contribution in [1.82, 2.24) is 5.32 Å². The van der Waals surface area contributed by atoms with Gasteiger partial charge in [-0.3, -0.25) is 0 Å². The van der Waals surface area contributed by atoms with Crippen LogP contribution in [0.5, 0.6) is 0 Å². The van der Waals surface area contributed by atoms with Gasteiger partial charge in [-0.15, -0.1) is 0 Å². The van der Waals surface area contributed by atoms with Crippen molar-refractivity contribution in [2.45, 2.75) is 32.7 Å². The van der Waals surface area contributed by atoms with Crippen molar-refractivity contribution in [2.24, 2.45) is 5.92 Å². The Hall–Kier alpha value is -0.340. The number of nitrogens with one attached hydrogen (secondary N) is 1. The molecule has 82 valence electrons. The smallest absolute Gasteiger partial charge is 0.0207 e. The van der Waals surface area contributed by atoms with Crippen molar-refractivity contribution < 1.29 is 0 Å². The molecule has 1 aromatic carbocycles. The largest absolute Gasteiger partial charge is 0.312 e. The second-order valence-electron chi connectivity index (χ2n) is 4.51. The Morgan fingerprint density at radius 2 is 2.20 bits per heavy atom. The summed E-state index contributed by atoms with van der Waals surface area (Å²) >= 11 is 3.56. The van der Waals surface area contributed by atoms with Crippen molar-refractivity contribution >= 4 is 15.9 Å². The molecule has 1 aromatic rings. The average molecular weight is 268 g/mol. The molecule has 1 aliphatic carbocycles. The highest BCUT2D eigenvalue weighted by atomic mass is 79.9. The molecule has 0 unspecified atom stereocenters. The van der Waals surface area contributed by atoms with Gasteiger partial charge in [-0.25, -0.2) is 0 Å². The van der Waals surface area contributed by atoms with E-state index in [9.17, 15) is 0 Å². The molecule has 2 rings (SSSR count). The number of benzene rings is 1. The first kappa shape index (κ1) is 11.2. The molecule has 0 radical (unpaired) electrons. The van der Waals surface area contributed by atoms with E-state index in [1.807, 2.05) is 0 Å². The second-order valence-corrected chi connectivity index (χ2v) is 5.37. The Balaban J connectivity index is 1.79. The average Bonchev–Trinajstić information content (AvgIpc) is 2.15. The maximum Gasteiger partial charge on any atom is 0.0207 e. The summed E-state index contributed by atoms with van der Waals surface area (Å²) in [6, 6.07) is 6.58. The Morgan fingerprint density at radius 1 is 1.40 bits per heavy atom. The first-order valence-electron chi connectivity index (χ1n) is 5.71. The van der Waals surface area contributed by atoms with Crippen LogP contribution in [0.4, 0.5) is 0 Å². The lowest BCUT2D eigenvalue weighted by molar-refractivity contribution is 0.301. The van der Waals surface area contributed by atoms with Gasteiger partial charge in [-0.05, 0) is 49.4 Å². The minimum absolute atomic E-state index is 0.943. The highest BCUT2D eigenvalue weighted by molar-refractivity contribution is 9.10. The quantitative estimate of drug-likeness (QED) is 0.879. The van der Waals surface area contributed by atoms with Crippen LogP contribution in [0.1, 0.15) is 30.4 Å². The van der Waals surface area contributed by atoms with Crippen LogP contribution in [0.25, 0.3) is 0 Å². The van der Waals surface area contributed by atoms with Crippen LogP contribution in [0.15, 0.2) is 22.7 Å². The third-order valence-electron chi connectivity index (χ3n) is 3.22. The Morgan fingerprint density at radius 3 is 2.80 bits per heavy atom. The summed E-state index contributed by atoms with van der Waals surface area (Å²) in [5.41, 5.74) is 2.67. The zero-order valence-corrected chi connectivity index (χ0v) is 10.8. The van der Waals surface area contributed by atoms with E-state index in [2.05, 4.69) is 46.4 Å². The molecule has 2 heteroatoms. The highest BCUT2D eigenvalue weighted by Gasteiger charge is 2.16. The van der Waals surface area contributed by atoms with Crippen molar-refractivity contribution in [2.75, 3.05) is 6.54 Å². The van der Waals surface area contributed by atoms with Crippen LogP contribution in [0.3, 0.4) is 0 Å². The molecule has 1 N–H and O–H groups in total. The Kier molecular flexibility index (Phi) is 3.81. The fourth-order valence-corrected chi connectivity index (χ4v) is 2.29. The summed E-state index contributed by atoms with van der Waals surface area (Å²) < 4.78 is 1.21. The summed E-state index contributed by atoms with van der Waals surface area (Å²) in [5, 5.41) is 3.53. The number of hydrogen-bond donors (Lipinski definition) is 1. The maximum atomic E-state index is 3.56. The van der Waals surface area contributed by atoms with E-state index < -0.39 is 0 Å². The summed E-state index contributed by atoms with van der Waals surface area (Å²) in [5.74, 6) is 0.943. The fourth-order valence-electron chi connectivity index (χ4n) is 1.86. The summed E-state index contributed by atoms with van der Waals surface area (Å²) in [6.45, 7) is 4.30. The maximum absolute atomic E-state index is 3.56. The van der Waals surface area contributed by atoms with Crippen molar-refractivity contribution in [3.05, 3.63) is 33.8 Å². The van der Waals surface area contributed by atoms with Gasteiger partial charge in [-0.2, -0.15) is 0 Å². The number of halogens is 1. The number of hydrogen-bond acceptors (Lipinski definition) is 1. The van der Waals surface area contributed by atoms with Gasteiger partial charge in [0, 0.05) is 11.0 Å². The van der Waals surface area contributed by atoms with Crippen LogP contribution in [0.2, 0.25) is 0 Å². The van der Waals surface area contributed by atoms with E-state index in [1.54, 1.807) is 0 Å². The lowest BCUT2D eigenvalue weighted by Gasteiger charge is -2.25. The van der Waals surface area contributed by atoms with Gasteiger partial charge >= 0.3 is 0 Å². The fraction of sp³-hybridized carbons (Fsp3) is 0.538. The van der Waals surface area contributed by atoms with Crippen LogP contribution >= 0.6 is 15.9 Å². The molecule has 1 nitrogen and oxygen atoms in total. The predicted molar refractivity (Wildman–Crippen MR) is 67.9 cm³/mol. The molecule has 0 atom stereocenters. The molecule has 0 spiro atoms. The van der Waals surface area contributed by atoms with Gasteiger partial charge in [0.15, 0.2) is 0 Å². The molecular weight excluding hydrogens is 250 g/mol. The molecule has 1 aliphatic rings. The SMILES string of the molecule is Cc1ccc(CNCC2CCC2)cc1Br. The van der Waals surface area contributed by atoms with Gasteiger partial charge in [-0.1, -0.05) is 34.5 Å². The van der Waals surface area contributed by atoms with E-state index in [0.29, 0.717) is 0 Å². The van der Waals surface area contributed by atoms with Crippen LogP contribution < -0.4 is 5.32 Å². The molecule has 0 aliphatic heterocycles. The Labute approximate surface area is 100 Å². The third-order valence-corrected chi connectivity index (χ3v) is 4.08. The minimum Gasteiger partial charge on any atom is -0.312 e. The first-order valence-corrected chi connectivity index (χ1v) is 6.51. The molecule has 15 heavy (non-hydrogen) atoms. The number of aryl methyl sites for hydroxylation is 1. The van der Waals surface area contributed by atoms with E-state index >= 15 is 0 Å². The zero-order valence-electron chi connectivity index (χ0n) is 9.22. The van der Waals surface area contributed by atoms with Crippen molar-refractivity contribution in [3.63, 3.8) is 0 Å². The summed E-state index contributed by atoms with van der Waals surface area (Å²) in [6.07, 6.45) is 4.28. The van der Waals surface area contributed by atoms with Crippen molar-refractivity contribution in [3.8, 4) is 0 Å². The lowest BCUT2D eigenvalue weighted by atomic mass is 9.85. The normalized spacial score (nSPS) is 16.4. The molecular formula is C13H18BrN. The molecule has 1 fully saturated rings. The lowest BCUT2D eigenvalue weighted by Crippen LogP contribution is -2.26. The van der Waals surface area contributed by atoms with E-state index in [-0.39, 0.29) is 0 Å². The molecule has 0 heterocycles. The summed E-state index contributed by atoms with van der Waals surface area (Å²) in [7, 11) is 0. The zero-order chi connectivity index (χ0) is 10.7. The van der Waals surface area contributed by atoms with E-state index in [0.717, 1.165) is 12.5 Å². The number of rotatable bonds is 4. The Bertz CT molecular complexity index is 331. The van der Waals surface area contributed by atoms with Gasteiger partial charge < -0.3 is 5.32 Å². The molecule has 0 saturated heterocycles. The van der Waals surface area contributed by atoms with Gasteiger partial charge in [0.25, 0.3) is 0 Å². The molecule has 1 saturated carbocycles. The van der Waals surface area contributed by atoms with Crippen LogP contribution in [-0.4, -0.2) is 6.54 Å². The molecule has 0 bridgehead atoms. The molecule has 0 amide bonds. The van der Waals surface area contributed by atoms with Gasteiger partial charge in [0.05, 0.1) is 0 Å². The third kappa shape index (κ3) is 3.05. The van der Waals surface area contributed by atoms with Crippen molar-refractivity contribution in [1.29, 1.82) is 0 Å². The van der Waals surface area contributed by atoms with E-state index in [4.69, 9.17) is 0 Å². The first-order chi connectivity index (χ1) is 7.25.